The average molecular weight is 229 g/mol. The third kappa shape index (κ3) is 4.83. The third-order valence-corrected chi connectivity index (χ3v) is 2.73. The van der Waals surface area contributed by atoms with Crippen LogP contribution in [-0.4, -0.2) is 37.6 Å². The van der Waals surface area contributed by atoms with E-state index in [0.717, 1.165) is 23.7 Å². The number of carbonyl (C=O) groups is 1. The lowest BCUT2D eigenvalue weighted by molar-refractivity contribution is -0.136. The van der Waals surface area contributed by atoms with E-state index < -0.39 is 5.97 Å². The fourth-order valence-corrected chi connectivity index (χ4v) is 1.70. The van der Waals surface area contributed by atoms with Gasteiger partial charge in [-0.1, -0.05) is 12.1 Å². The average Bonchev–Trinajstić information content (AvgIpc) is 2.63. The number of aromatic nitrogens is 3. The zero-order valence-electron chi connectivity index (χ0n) is 8.72. The van der Waals surface area contributed by atoms with Gasteiger partial charge in [0.05, 0.1) is 18.7 Å². The van der Waals surface area contributed by atoms with E-state index in [1.165, 1.54) is 0 Å². The van der Waals surface area contributed by atoms with E-state index in [-0.39, 0.29) is 6.42 Å². The molecule has 15 heavy (non-hydrogen) atoms. The molecule has 5 nitrogen and oxygen atoms in total. The van der Waals surface area contributed by atoms with Crippen LogP contribution in [0.2, 0.25) is 0 Å². The van der Waals surface area contributed by atoms with Crippen LogP contribution in [0.4, 0.5) is 0 Å². The first-order valence-corrected chi connectivity index (χ1v) is 6.06. The van der Waals surface area contributed by atoms with Crippen molar-refractivity contribution in [3.8, 4) is 0 Å². The topological polar surface area (TPSA) is 68.0 Å². The molecule has 1 rings (SSSR count). The summed E-state index contributed by atoms with van der Waals surface area (Å²) in [7, 11) is 0. The summed E-state index contributed by atoms with van der Waals surface area (Å²) in [4.78, 5) is 10.3. The Kier molecular flexibility index (Phi) is 5.17. The molecule has 0 aromatic carbocycles. The van der Waals surface area contributed by atoms with Gasteiger partial charge in [0, 0.05) is 18.4 Å². The predicted molar refractivity (Wildman–Crippen MR) is 59.0 cm³/mol. The molecule has 0 saturated heterocycles. The third-order valence-electron chi connectivity index (χ3n) is 1.85. The Morgan fingerprint density at radius 3 is 3.13 bits per heavy atom. The number of hydrogen-bond acceptors (Lipinski definition) is 4. The molecule has 0 bridgehead atoms. The molecule has 0 radical (unpaired) electrons. The number of carboxylic acid groups (broad SMARTS) is 1. The number of nitrogens with zero attached hydrogens (tertiary/aromatic N) is 3. The predicted octanol–water partition coefficient (Wildman–Crippen LogP) is 1.05. The van der Waals surface area contributed by atoms with Crippen molar-refractivity contribution in [2.75, 3.05) is 11.5 Å². The highest BCUT2D eigenvalue weighted by Crippen LogP contribution is 2.02. The van der Waals surface area contributed by atoms with Crippen molar-refractivity contribution in [3.05, 3.63) is 11.9 Å². The van der Waals surface area contributed by atoms with Crippen LogP contribution in [0.5, 0.6) is 0 Å². The van der Waals surface area contributed by atoms with Crippen molar-refractivity contribution in [2.45, 2.75) is 26.3 Å². The van der Waals surface area contributed by atoms with Crippen LogP contribution < -0.4 is 0 Å². The molecule has 6 heteroatoms. The Labute approximate surface area is 92.9 Å². The zero-order valence-corrected chi connectivity index (χ0v) is 9.53. The van der Waals surface area contributed by atoms with E-state index >= 15 is 0 Å². The lowest BCUT2D eigenvalue weighted by atomic mass is 10.2. The second kappa shape index (κ2) is 6.44. The van der Waals surface area contributed by atoms with Crippen molar-refractivity contribution in [1.82, 2.24) is 15.0 Å². The molecule has 0 aliphatic rings. The smallest absolute Gasteiger partial charge is 0.303 e. The molecule has 0 aliphatic carbocycles. The Morgan fingerprint density at radius 2 is 2.47 bits per heavy atom. The summed E-state index contributed by atoms with van der Waals surface area (Å²) in [5.41, 5.74) is 0.749. The number of carboxylic acids is 1. The maximum atomic E-state index is 10.3. The van der Waals surface area contributed by atoms with Crippen LogP contribution in [-0.2, 0) is 17.8 Å². The highest BCUT2D eigenvalue weighted by atomic mass is 32.2. The Balaban J connectivity index is 2.32. The largest absolute Gasteiger partial charge is 0.481 e. The fraction of sp³-hybridized carbons (Fsp3) is 0.667. The normalized spacial score (nSPS) is 10.5. The number of rotatable bonds is 7. The van der Waals surface area contributed by atoms with Crippen molar-refractivity contribution < 1.29 is 9.90 Å². The van der Waals surface area contributed by atoms with Gasteiger partial charge in [0.25, 0.3) is 0 Å². The van der Waals surface area contributed by atoms with Crippen LogP contribution in [0.1, 0.15) is 19.0 Å². The van der Waals surface area contributed by atoms with Crippen LogP contribution >= 0.6 is 11.8 Å². The molecule has 0 spiro atoms. The van der Waals surface area contributed by atoms with Crippen molar-refractivity contribution >= 4 is 17.7 Å². The number of thioether (sulfide) groups is 1. The van der Waals surface area contributed by atoms with Gasteiger partial charge in [-0.2, -0.15) is 11.8 Å². The van der Waals surface area contributed by atoms with Gasteiger partial charge in [0.15, 0.2) is 0 Å². The van der Waals surface area contributed by atoms with Gasteiger partial charge in [-0.3, -0.25) is 9.48 Å². The highest BCUT2D eigenvalue weighted by Gasteiger charge is 2.03. The van der Waals surface area contributed by atoms with E-state index in [4.69, 9.17) is 5.11 Å². The summed E-state index contributed by atoms with van der Waals surface area (Å²) in [6.45, 7) is 2.95. The molecule has 1 aromatic rings. The quantitative estimate of drug-likeness (QED) is 0.708. The molecule has 1 heterocycles. The van der Waals surface area contributed by atoms with Gasteiger partial charge < -0.3 is 5.11 Å². The van der Waals surface area contributed by atoms with Crippen molar-refractivity contribution in [1.29, 1.82) is 0 Å². The van der Waals surface area contributed by atoms with Crippen LogP contribution in [0.25, 0.3) is 0 Å². The van der Waals surface area contributed by atoms with Gasteiger partial charge in [-0.05, 0) is 5.75 Å². The van der Waals surface area contributed by atoms with E-state index in [0.29, 0.717) is 6.42 Å². The molecule has 84 valence electrons. The van der Waals surface area contributed by atoms with Crippen LogP contribution in [0.15, 0.2) is 6.20 Å². The lowest BCUT2D eigenvalue weighted by Crippen LogP contribution is -2.01. The monoisotopic (exact) mass is 229 g/mol. The van der Waals surface area contributed by atoms with E-state index in [1.54, 1.807) is 4.68 Å². The van der Waals surface area contributed by atoms with Crippen LogP contribution in [0.3, 0.4) is 0 Å². The Bertz CT molecular complexity index is 314. The summed E-state index contributed by atoms with van der Waals surface area (Å²) < 4.78 is 1.76. The minimum absolute atomic E-state index is 0.113. The van der Waals surface area contributed by atoms with Gasteiger partial charge in [0.1, 0.15) is 0 Å². The van der Waals surface area contributed by atoms with Crippen molar-refractivity contribution in [2.24, 2.45) is 0 Å². The molecule has 1 aromatic heterocycles. The van der Waals surface area contributed by atoms with Crippen LogP contribution in [0, 0.1) is 0 Å². The minimum atomic E-state index is -0.800. The summed E-state index contributed by atoms with van der Waals surface area (Å²) in [5.74, 6) is 1.31. The molecule has 0 fully saturated rings. The van der Waals surface area contributed by atoms with E-state index in [2.05, 4.69) is 17.2 Å². The van der Waals surface area contributed by atoms with E-state index in [1.807, 2.05) is 18.0 Å². The second-order valence-corrected chi connectivity index (χ2v) is 4.46. The molecular weight excluding hydrogens is 214 g/mol. The number of aryl methyl sites for hydroxylation is 2. The minimum Gasteiger partial charge on any atom is -0.481 e. The molecule has 0 saturated carbocycles. The molecule has 0 unspecified atom stereocenters. The van der Waals surface area contributed by atoms with Gasteiger partial charge in [-0.15, -0.1) is 5.10 Å². The molecule has 0 amide bonds. The summed E-state index contributed by atoms with van der Waals surface area (Å²) in [5, 5.41) is 16.3. The van der Waals surface area contributed by atoms with E-state index in [9.17, 15) is 4.79 Å². The Morgan fingerprint density at radius 1 is 1.67 bits per heavy atom. The SMILES string of the molecule is CCSCCn1cc(CCC(=O)O)nn1. The molecule has 0 aliphatic heterocycles. The zero-order chi connectivity index (χ0) is 11.1. The first kappa shape index (κ1) is 12.0. The maximum absolute atomic E-state index is 10.3. The molecule has 0 atom stereocenters. The fourth-order valence-electron chi connectivity index (χ4n) is 1.10. The second-order valence-electron chi connectivity index (χ2n) is 3.06. The first-order chi connectivity index (χ1) is 7.22. The van der Waals surface area contributed by atoms with Gasteiger partial charge in [0.2, 0.25) is 0 Å². The summed E-state index contributed by atoms with van der Waals surface area (Å²) in [6, 6.07) is 0. The lowest BCUT2D eigenvalue weighted by Gasteiger charge is -1.97. The number of hydrogen-bond donors (Lipinski definition) is 1. The van der Waals surface area contributed by atoms with Gasteiger partial charge in [-0.25, -0.2) is 0 Å². The standard InChI is InChI=1S/C9H15N3O2S/c1-2-15-6-5-12-7-8(10-11-12)3-4-9(13)14/h7H,2-6H2,1H3,(H,13,14). The maximum Gasteiger partial charge on any atom is 0.303 e. The van der Waals surface area contributed by atoms with Gasteiger partial charge >= 0.3 is 5.97 Å². The van der Waals surface area contributed by atoms with Crippen molar-refractivity contribution in [3.63, 3.8) is 0 Å². The highest BCUT2D eigenvalue weighted by molar-refractivity contribution is 7.99. The Hall–Kier alpha value is -1.04. The summed E-state index contributed by atoms with van der Waals surface area (Å²) >= 11 is 1.85. The number of aliphatic carboxylic acids is 1. The first-order valence-electron chi connectivity index (χ1n) is 4.91. The molecular formula is C9H15N3O2S. The summed E-state index contributed by atoms with van der Waals surface area (Å²) in [6.07, 6.45) is 2.39. The molecule has 1 N–H and O–H groups in total.